The van der Waals surface area contributed by atoms with Gasteiger partial charge in [0.2, 0.25) is 5.91 Å². The molecule has 3 aromatic rings. The number of para-hydroxylation sites is 2. The van der Waals surface area contributed by atoms with Crippen molar-refractivity contribution in [2.75, 3.05) is 6.54 Å². The van der Waals surface area contributed by atoms with Crippen molar-refractivity contribution in [1.82, 2.24) is 14.9 Å². The number of alkyl halides is 2. The molecule has 0 atom stereocenters. The van der Waals surface area contributed by atoms with Gasteiger partial charge in [-0.3, -0.25) is 9.36 Å². The number of imidazole rings is 1. The molecule has 0 fully saturated rings. The lowest BCUT2D eigenvalue weighted by Crippen LogP contribution is -2.28. The summed E-state index contributed by atoms with van der Waals surface area (Å²) in [4.78, 5) is 16.3. The lowest BCUT2D eigenvalue weighted by atomic mass is 10.1. The van der Waals surface area contributed by atoms with E-state index in [-0.39, 0.29) is 31.1 Å². The number of rotatable bonds is 6. The topological polar surface area (TPSA) is 46.9 Å². The van der Waals surface area contributed by atoms with E-state index in [1.807, 2.05) is 31.2 Å². The summed E-state index contributed by atoms with van der Waals surface area (Å²) in [6.45, 7) is -0.445. The van der Waals surface area contributed by atoms with E-state index in [1.165, 1.54) is 0 Å². The quantitative estimate of drug-likeness (QED) is 0.743. The highest BCUT2D eigenvalue weighted by Gasteiger charge is 2.17. The van der Waals surface area contributed by atoms with Crippen LogP contribution in [0.15, 0.2) is 48.5 Å². The fourth-order valence-corrected chi connectivity index (χ4v) is 2.85. The number of fused-ring (bicyclic) bond motifs is 1. The fraction of sp³-hybridized carbons (Fsp3) is 0.263. The van der Waals surface area contributed by atoms with E-state index < -0.39 is 6.55 Å². The molecule has 0 spiro atoms. The second-order valence-electron chi connectivity index (χ2n) is 5.87. The number of carbonyl (C=O) groups is 1. The minimum absolute atomic E-state index is 0.131. The van der Waals surface area contributed by atoms with Gasteiger partial charge in [0.25, 0.3) is 0 Å². The molecule has 0 aliphatic carbocycles. The van der Waals surface area contributed by atoms with Crippen molar-refractivity contribution < 1.29 is 13.6 Å². The van der Waals surface area contributed by atoms with Gasteiger partial charge in [0.15, 0.2) is 0 Å². The van der Waals surface area contributed by atoms with E-state index in [2.05, 4.69) is 10.3 Å². The first-order chi connectivity index (χ1) is 12.1. The van der Waals surface area contributed by atoms with E-state index in [9.17, 15) is 13.6 Å². The molecule has 2 aromatic carbocycles. The summed E-state index contributed by atoms with van der Waals surface area (Å²) in [6, 6.07) is 14.5. The van der Waals surface area contributed by atoms with Gasteiger partial charge in [-0.15, -0.1) is 0 Å². The highest BCUT2D eigenvalue weighted by molar-refractivity contribution is 5.79. The van der Waals surface area contributed by atoms with Crippen molar-refractivity contribution in [3.63, 3.8) is 0 Å². The van der Waals surface area contributed by atoms with Crippen LogP contribution in [-0.2, 0) is 17.6 Å². The number of hydrogen-bond acceptors (Lipinski definition) is 2. The van der Waals surface area contributed by atoms with Gasteiger partial charge in [0, 0.05) is 13.0 Å². The molecule has 1 heterocycles. The Morgan fingerprint density at radius 2 is 1.88 bits per heavy atom. The molecule has 0 saturated carbocycles. The molecule has 3 rings (SSSR count). The van der Waals surface area contributed by atoms with Crippen molar-refractivity contribution in [1.29, 1.82) is 0 Å². The van der Waals surface area contributed by atoms with E-state index in [0.29, 0.717) is 11.0 Å². The van der Waals surface area contributed by atoms with Crippen molar-refractivity contribution in [3.8, 4) is 0 Å². The number of halogens is 2. The maximum atomic E-state index is 13.3. The summed E-state index contributed by atoms with van der Waals surface area (Å²) in [7, 11) is 0. The molecule has 4 nitrogen and oxygen atoms in total. The molecule has 1 amide bonds. The first kappa shape index (κ1) is 17.1. The lowest BCUT2D eigenvalue weighted by molar-refractivity contribution is -0.120. The Balaban J connectivity index is 1.64. The van der Waals surface area contributed by atoms with Crippen LogP contribution in [0.2, 0.25) is 0 Å². The van der Waals surface area contributed by atoms with Crippen molar-refractivity contribution in [3.05, 3.63) is 65.5 Å². The third-order valence-corrected chi connectivity index (χ3v) is 4.15. The number of amides is 1. The van der Waals surface area contributed by atoms with E-state index in [0.717, 1.165) is 15.7 Å². The van der Waals surface area contributed by atoms with Crippen LogP contribution in [0.25, 0.3) is 11.0 Å². The van der Waals surface area contributed by atoms with Gasteiger partial charge in [-0.05, 0) is 30.2 Å². The van der Waals surface area contributed by atoms with Crippen LogP contribution in [0.4, 0.5) is 8.78 Å². The molecule has 130 valence electrons. The Morgan fingerprint density at radius 1 is 1.16 bits per heavy atom. The third-order valence-electron chi connectivity index (χ3n) is 4.15. The molecule has 1 N–H and O–H groups in total. The van der Waals surface area contributed by atoms with Crippen LogP contribution in [0.5, 0.6) is 0 Å². The Labute approximate surface area is 144 Å². The maximum absolute atomic E-state index is 13.3. The van der Waals surface area contributed by atoms with Gasteiger partial charge in [-0.25, -0.2) is 4.98 Å². The second-order valence-corrected chi connectivity index (χ2v) is 5.87. The minimum Gasteiger partial charge on any atom is -0.355 e. The van der Waals surface area contributed by atoms with E-state index in [4.69, 9.17) is 0 Å². The van der Waals surface area contributed by atoms with Gasteiger partial charge in [0.05, 0.1) is 17.5 Å². The van der Waals surface area contributed by atoms with Crippen LogP contribution in [0.1, 0.15) is 23.5 Å². The zero-order chi connectivity index (χ0) is 17.8. The largest absolute Gasteiger partial charge is 0.355 e. The number of nitrogens with one attached hydrogen (secondary N) is 1. The van der Waals surface area contributed by atoms with Crippen LogP contribution in [-0.4, -0.2) is 22.0 Å². The highest BCUT2D eigenvalue weighted by atomic mass is 19.3. The first-order valence-electron chi connectivity index (χ1n) is 8.11. The van der Waals surface area contributed by atoms with E-state index >= 15 is 0 Å². The van der Waals surface area contributed by atoms with Crippen LogP contribution >= 0.6 is 0 Å². The Morgan fingerprint density at radius 3 is 2.64 bits per heavy atom. The van der Waals surface area contributed by atoms with Crippen LogP contribution in [0, 0.1) is 6.92 Å². The van der Waals surface area contributed by atoms with Crippen LogP contribution in [0.3, 0.4) is 0 Å². The molecule has 0 radical (unpaired) electrons. The van der Waals surface area contributed by atoms with Crippen molar-refractivity contribution in [2.45, 2.75) is 26.3 Å². The number of aromatic nitrogens is 2. The molecule has 0 saturated heterocycles. The van der Waals surface area contributed by atoms with Gasteiger partial charge >= 0.3 is 6.55 Å². The summed E-state index contributed by atoms with van der Waals surface area (Å²) >= 11 is 0. The molecule has 6 heteroatoms. The fourth-order valence-electron chi connectivity index (χ4n) is 2.85. The normalized spacial score (nSPS) is 11.2. The Hall–Kier alpha value is -2.76. The Kier molecular flexibility index (Phi) is 5.07. The molecule has 0 unspecified atom stereocenters. The molecule has 0 aliphatic heterocycles. The van der Waals surface area contributed by atoms with Gasteiger partial charge in [0.1, 0.15) is 5.82 Å². The maximum Gasteiger partial charge on any atom is 0.320 e. The highest BCUT2D eigenvalue weighted by Crippen LogP contribution is 2.23. The molecule has 25 heavy (non-hydrogen) atoms. The summed E-state index contributed by atoms with van der Waals surface area (Å²) in [6.07, 6.45) is 0.524. The van der Waals surface area contributed by atoms with E-state index in [1.54, 1.807) is 24.3 Å². The van der Waals surface area contributed by atoms with Crippen LogP contribution < -0.4 is 5.32 Å². The predicted molar refractivity (Wildman–Crippen MR) is 92.6 cm³/mol. The molecule has 0 aliphatic rings. The van der Waals surface area contributed by atoms with Gasteiger partial charge < -0.3 is 5.32 Å². The smallest absolute Gasteiger partial charge is 0.320 e. The molecule has 1 aromatic heterocycles. The number of hydrogen-bond donors (Lipinski definition) is 1. The Bertz CT molecular complexity index is 889. The predicted octanol–water partition coefficient (Wildman–Crippen LogP) is 3.64. The number of nitrogens with zero attached hydrogens (tertiary/aromatic N) is 2. The minimum atomic E-state index is -2.66. The van der Waals surface area contributed by atoms with Crippen molar-refractivity contribution >= 4 is 16.9 Å². The summed E-state index contributed by atoms with van der Waals surface area (Å²) in [5, 5.41) is 2.78. The summed E-state index contributed by atoms with van der Waals surface area (Å²) in [5.41, 5.74) is 2.94. The zero-order valence-electron chi connectivity index (χ0n) is 13.9. The number of benzene rings is 2. The third kappa shape index (κ3) is 3.84. The summed E-state index contributed by atoms with van der Waals surface area (Å²) in [5.74, 6) is 0.140. The SMILES string of the molecule is Cc1ccccc1CC(=O)NCCc1nc2ccccc2n1C(F)F. The lowest BCUT2D eigenvalue weighted by Gasteiger charge is -2.09. The van der Waals surface area contributed by atoms with Crippen molar-refractivity contribution in [2.24, 2.45) is 0 Å². The average molecular weight is 343 g/mol. The van der Waals surface area contributed by atoms with Gasteiger partial charge in [-0.2, -0.15) is 8.78 Å². The first-order valence-corrected chi connectivity index (χ1v) is 8.11. The molecule has 0 bridgehead atoms. The number of carbonyl (C=O) groups excluding carboxylic acids is 1. The molecular formula is C19H19F2N3O. The van der Waals surface area contributed by atoms with Gasteiger partial charge in [-0.1, -0.05) is 36.4 Å². The monoisotopic (exact) mass is 343 g/mol. The number of aryl methyl sites for hydroxylation is 1. The summed E-state index contributed by atoms with van der Waals surface area (Å²) < 4.78 is 27.6. The zero-order valence-corrected chi connectivity index (χ0v) is 13.9. The molecular weight excluding hydrogens is 324 g/mol. The average Bonchev–Trinajstić information content (AvgIpc) is 2.95. The second kappa shape index (κ2) is 7.42. The standard InChI is InChI=1S/C19H19F2N3O/c1-13-6-2-3-7-14(13)12-18(25)22-11-10-17-23-15-8-4-5-9-16(15)24(17)19(20)21/h2-9,19H,10-12H2,1H3,(H,22,25).